The summed E-state index contributed by atoms with van der Waals surface area (Å²) in [6, 6.07) is 13.1. The van der Waals surface area contributed by atoms with Crippen molar-refractivity contribution in [2.45, 2.75) is 57.0 Å². The summed E-state index contributed by atoms with van der Waals surface area (Å²) < 4.78 is 55.1. The van der Waals surface area contributed by atoms with Crippen LogP contribution in [0, 0.1) is 17.0 Å². The molecular formula is C40H40Cl2F2N4O8. The van der Waals surface area contributed by atoms with Gasteiger partial charge >= 0.3 is 18.6 Å². The smallest absolute Gasteiger partial charge is 0.387 e. The van der Waals surface area contributed by atoms with Crippen molar-refractivity contribution in [3.8, 4) is 17.4 Å². The van der Waals surface area contributed by atoms with E-state index in [0.717, 1.165) is 51.2 Å². The number of hydrogen-bond acceptors (Lipinski definition) is 11. The van der Waals surface area contributed by atoms with E-state index in [4.69, 9.17) is 46.9 Å². The molecule has 0 amide bonds. The molecule has 8 rings (SSSR count). The van der Waals surface area contributed by atoms with Crippen molar-refractivity contribution in [1.29, 1.82) is 0 Å². The molecule has 1 N–H and O–H groups in total. The molecule has 4 aromatic rings. The molecule has 16 heteroatoms. The maximum atomic E-state index is 14.0. The van der Waals surface area contributed by atoms with E-state index in [0.29, 0.717) is 58.0 Å². The number of nitrogens with zero attached hydrogens (tertiary/aromatic N) is 3. The van der Waals surface area contributed by atoms with Gasteiger partial charge in [0.05, 0.1) is 19.3 Å². The van der Waals surface area contributed by atoms with Crippen molar-refractivity contribution in [2.24, 2.45) is 11.8 Å². The molecule has 1 aliphatic carbocycles. The predicted octanol–water partition coefficient (Wildman–Crippen LogP) is 7.35. The number of hydrogen-bond donors (Lipinski definition) is 1. The molecule has 12 nitrogen and oxygen atoms in total. The topological polar surface area (TPSA) is 135 Å². The van der Waals surface area contributed by atoms with Crippen molar-refractivity contribution >= 4 is 40.8 Å². The molecule has 3 saturated heterocycles. The maximum absolute atomic E-state index is 14.0. The number of aromatic nitrogens is 2. The third-order valence-corrected chi connectivity index (χ3v) is 10.9. The molecule has 3 aliphatic heterocycles. The van der Waals surface area contributed by atoms with E-state index in [9.17, 15) is 23.6 Å². The summed E-state index contributed by atoms with van der Waals surface area (Å²) in [7, 11) is 1.50. The van der Waals surface area contributed by atoms with Crippen LogP contribution in [0.1, 0.15) is 64.9 Å². The van der Waals surface area contributed by atoms with Crippen molar-refractivity contribution in [3.63, 3.8) is 0 Å². The zero-order chi connectivity index (χ0) is 39.3. The van der Waals surface area contributed by atoms with Crippen LogP contribution in [0.25, 0.3) is 0 Å². The van der Waals surface area contributed by atoms with Gasteiger partial charge < -0.3 is 34.2 Å². The number of ether oxygens (including phenoxy) is 5. The lowest BCUT2D eigenvalue weighted by atomic mass is 9.86. The maximum Gasteiger partial charge on any atom is 0.387 e. The number of benzene rings is 2. The van der Waals surface area contributed by atoms with Gasteiger partial charge in [0.1, 0.15) is 22.3 Å². The Labute approximate surface area is 332 Å². The molecular weight excluding hydrogens is 773 g/mol. The van der Waals surface area contributed by atoms with Crippen LogP contribution in [0.2, 0.25) is 10.0 Å². The number of carbonyl (C=O) groups is 2. The highest BCUT2D eigenvalue weighted by Crippen LogP contribution is 2.38. The van der Waals surface area contributed by atoms with Crippen molar-refractivity contribution < 1.29 is 46.8 Å². The number of esters is 2. The van der Waals surface area contributed by atoms with Crippen LogP contribution in [0.4, 0.5) is 14.5 Å². The van der Waals surface area contributed by atoms with E-state index in [1.165, 1.54) is 37.6 Å². The molecule has 3 atom stereocenters. The highest BCUT2D eigenvalue weighted by molar-refractivity contribution is 6.35. The minimum Gasteiger partial charge on any atom is -0.619 e. The van der Waals surface area contributed by atoms with Crippen LogP contribution in [0.3, 0.4) is 0 Å². The molecule has 1 unspecified atom stereocenters. The van der Waals surface area contributed by atoms with Crippen molar-refractivity contribution in [3.05, 3.63) is 111 Å². The van der Waals surface area contributed by atoms with Gasteiger partial charge in [-0.15, -0.1) is 0 Å². The summed E-state index contributed by atoms with van der Waals surface area (Å²) >= 11 is 12.9. The van der Waals surface area contributed by atoms with E-state index >= 15 is 0 Å². The number of halogens is 4. The van der Waals surface area contributed by atoms with Crippen LogP contribution >= 0.6 is 23.2 Å². The zero-order valence-corrected chi connectivity index (χ0v) is 31.9. The number of fused-ring (bicyclic) bond motifs is 3. The predicted molar refractivity (Wildman–Crippen MR) is 201 cm³/mol. The number of rotatable bonds is 16. The summed E-state index contributed by atoms with van der Waals surface area (Å²) in [5.41, 5.74) is 1.76. The quantitative estimate of drug-likeness (QED) is 0.0691. The van der Waals surface area contributed by atoms with Gasteiger partial charge in [0, 0.05) is 42.0 Å². The fraction of sp³-hybridized carbons (Fsp3) is 0.400. The normalized spacial score (nSPS) is 19.9. The van der Waals surface area contributed by atoms with Crippen LogP contribution in [0.5, 0.6) is 17.4 Å². The van der Waals surface area contributed by atoms with Crippen molar-refractivity contribution in [2.75, 3.05) is 38.7 Å². The zero-order valence-electron chi connectivity index (χ0n) is 30.4. The molecule has 296 valence electrons. The number of carbonyl (C=O) groups excluding carboxylic acids is 2. The second-order valence-corrected chi connectivity index (χ2v) is 14.9. The van der Waals surface area contributed by atoms with Crippen LogP contribution in [0.15, 0.2) is 73.2 Å². The Balaban J connectivity index is 1.15. The van der Waals surface area contributed by atoms with E-state index in [1.54, 1.807) is 30.3 Å². The fourth-order valence-electron chi connectivity index (χ4n) is 6.98. The fourth-order valence-corrected chi connectivity index (χ4v) is 7.58. The molecule has 4 fully saturated rings. The first-order chi connectivity index (χ1) is 27.0. The third-order valence-electron chi connectivity index (χ3n) is 10.2. The Morgan fingerprint density at radius 3 is 2.39 bits per heavy atom. The highest BCUT2D eigenvalue weighted by atomic mass is 35.5. The molecule has 4 aliphatic rings. The minimum atomic E-state index is -3.10. The van der Waals surface area contributed by atoms with Gasteiger partial charge in [0.2, 0.25) is 5.88 Å². The molecule has 56 heavy (non-hydrogen) atoms. The second kappa shape index (κ2) is 17.5. The number of anilines is 1. The largest absolute Gasteiger partial charge is 0.619 e. The van der Waals surface area contributed by atoms with Gasteiger partial charge in [-0.1, -0.05) is 35.3 Å². The van der Waals surface area contributed by atoms with Gasteiger partial charge in [-0.05, 0) is 92.6 Å². The summed E-state index contributed by atoms with van der Waals surface area (Å²) in [5, 5.41) is 15.3. The lowest BCUT2D eigenvalue weighted by molar-refractivity contribution is -0.605. The first-order valence-corrected chi connectivity index (χ1v) is 19.1. The average Bonchev–Trinajstić information content (AvgIpc) is 4.02. The minimum absolute atomic E-state index is 0.0341. The second-order valence-electron chi connectivity index (χ2n) is 14.1. The lowest BCUT2D eigenvalue weighted by Gasteiger charge is -2.44. The first-order valence-electron chi connectivity index (χ1n) is 18.3. The first kappa shape index (κ1) is 39.3. The number of piperidine rings is 3. The molecule has 5 heterocycles. The van der Waals surface area contributed by atoms with Gasteiger partial charge in [0.25, 0.3) is 0 Å². The van der Waals surface area contributed by atoms with E-state index in [-0.39, 0.29) is 39.6 Å². The Morgan fingerprint density at radius 2 is 1.75 bits per heavy atom. The molecule has 2 aromatic carbocycles. The van der Waals surface area contributed by atoms with Crippen LogP contribution in [-0.4, -0.2) is 67.9 Å². The number of pyridine rings is 2. The lowest BCUT2D eigenvalue weighted by Crippen LogP contribution is -2.52. The Kier molecular flexibility index (Phi) is 12.3. The number of methoxy groups -OCH3 is 1. The number of alkyl halides is 2. The van der Waals surface area contributed by atoms with Crippen molar-refractivity contribution in [1.82, 2.24) is 9.88 Å². The molecule has 0 spiro atoms. The van der Waals surface area contributed by atoms with Gasteiger partial charge in [-0.2, -0.15) is 13.5 Å². The summed E-state index contributed by atoms with van der Waals surface area (Å²) in [6.07, 6.45) is 6.22. The molecule has 1 saturated carbocycles. The van der Waals surface area contributed by atoms with E-state index in [1.807, 2.05) is 0 Å². The SMILES string of the molecule is COc1ccc(C(Nc2cccc(C(=O)O[C@@H](Cc3c(Cl)c[n+]([O-])cc3Cl)c3ccc(OC(F)F)c(OCC4CC4)c3)c2)C(=O)O[C@H]2CN3CCC2CC3)cn1. The Hall–Kier alpha value is -4.92. The Morgan fingerprint density at radius 1 is 1.00 bits per heavy atom. The molecule has 2 aromatic heterocycles. The van der Waals surface area contributed by atoms with E-state index in [2.05, 4.69) is 15.2 Å². The van der Waals surface area contributed by atoms with Gasteiger partial charge in [-0.3, -0.25) is 4.90 Å². The molecule has 2 bridgehead atoms. The van der Waals surface area contributed by atoms with E-state index < -0.39 is 30.7 Å². The number of nitrogens with one attached hydrogen (secondary N) is 1. The van der Waals surface area contributed by atoms with Gasteiger partial charge in [-0.25, -0.2) is 14.6 Å². The monoisotopic (exact) mass is 812 g/mol. The average molecular weight is 814 g/mol. The van der Waals surface area contributed by atoms with Crippen LogP contribution in [-0.2, 0) is 20.7 Å². The highest BCUT2D eigenvalue weighted by Gasteiger charge is 2.38. The standard InChI is InChI=1S/C40H40Cl2F2N4O8/c1-52-36-10-8-27(18-45-36)37(39(50)55-35-21-47-13-11-24(35)12-14-47)46-28-4-2-3-26(15-28)38(49)54-33(17-29-30(41)19-48(51)20-31(29)42)25-7-9-32(56-40(43)44)34(16-25)53-22-23-5-6-23/h2-4,7-10,15-16,18-20,23-24,33,35,37,40,46H,5-6,11-14,17,21-22H2,1H3/t33-,35-,37?/m0/s1. The van der Waals surface area contributed by atoms with Gasteiger partial charge in [0.15, 0.2) is 29.9 Å². The summed E-state index contributed by atoms with van der Waals surface area (Å²) in [4.78, 5) is 34.4. The van der Waals surface area contributed by atoms with Crippen LogP contribution < -0.4 is 24.3 Å². The summed E-state index contributed by atoms with van der Waals surface area (Å²) in [5.74, 6) is -0.402. The Bertz CT molecular complexity index is 2010. The third kappa shape index (κ3) is 9.71. The molecule has 0 radical (unpaired) electrons. The summed E-state index contributed by atoms with van der Waals surface area (Å²) in [6.45, 7) is -0.132.